The Kier molecular flexibility index (Phi) is 9.39. The van der Waals surface area contributed by atoms with Gasteiger partial charge in [0.1, 0.15) is 12.4 Å². The third-order valence-corrected chi connectivity index (χ3v) is 5.38. The van der Waals surface area contributed by atoms with Crippen LogP contribution in [-0.2, 0) is 13.2 Å². The molecule has 0 spiro atoms. The van der Waals surface area contributed by atoms with Crippen molar-refractivity contribution in [2.24, 2.45) is 0 Å². The third-order valence-electron chi connectivity index (χ3n) is 4.29. The third kappa shape index (κ3) is 6.66. The zero-order chi connectivity index (χ0) is 19.6. The van der Waals surface area contributed by atoms with E-state index in [0.717, 1.165) is 23.1 Å². The molecular weight excluding hydrogens is 433 g/mol. The number of methoxy groups -OCH3 is 1. The van der Waals surface area contributed by atoms with Crippen LogP contribution in [0.2, 0.25) is 5.02 Å². The topological polar surface area (TPSA) is 30.5 Å². The van der Waals surface area contributed by atoms with Gasteiger partial charge >= 0.3 is 0 Å². The van der Waals surface area contributed by atoms with Crippen molar-refractivity contribution >= 4 is 27.5 Å². The summed E-state index contributed by atoms with van der Waals surface area (Å²) in [4.78, 5) is 0. The fourth-order valence-electron chi connectivity index (χ4n) is 2.71. The second-order valence-electron chi connectivity index (χ2n) is 6.32. The first-order valence-corrected chi connectivity index (χ1v) is 10.4. The number of rotatable bonds is 11. The highest BCUT2D eigenvalue weighted by molar-refractivity contribution is 9.10. The lowest BCUT2D eigenvalue weighted by molar-refractivity contribution is 0.279. The van der Waals surface area contributed by atoms with Gasteiger partial charge < -0.3 is 14.8 Å². The van der Waals surface area contributed by atoms with Gasteiger partial charge in [0.15, 0.2) is 11.5 Å². The number of ether oxygens (including phenoxy) is 2. The Morgan fingerprint density at radius 2 is 1.96 bits per heavy atom. The SMILES string of the molecule is CCCCCCNCc1cc(OC)c(OCc2c(F)cccc2Cl)cc1Br. The predicted octanol–water partition coefficient (Wildman–Crippen LogP) is 6.50. The molecule has 0 atom stereocenters. The lowest BCUT2D eigenvalue weighted by Crippen LogP contribution is -2.15. The molecular formula is C21H26BrClFNO2. The van der Waals surface area contributed by atoms with Crippen LogP contribution in [0.15, 0.2) is 34.8 Å². The number of hydrogen-bond donors (Lipinski definition) is 1. The first-order valence-electron chi connectivity index (χ1n) is 9.19. The minimum Gasteiger partial charge on any atom is -0.493 e. The normalized spacial score (nSPS) is 10.9. The minimum absolute atomic E-state index is 0.0311. The Morgan fingerprint density at radius 1 is 1.15 bits per heavy atom. The molecule has 0 bridgehead atoms. The van der Waals surface area contributed by atoms with E-state index in [-0.39, 0.29) is 12.4 Å². The smallest absolute Gasteiger partial charge is 0.162 e. The first-order chi connectivity index (χ1) is 13.1. The summed E-state index contributed by atoms with van der Waals surface area (Å²) in [5, 5.41) is 3.80. The average Bonchev–Trinajstić information content (AvgIpc) is 2.65. The molecule has 0 aliphatic carbocycles. The monoisotopic (exact) mass is 457 g/mol. The molecule has 2 aromatic carbocycles. The molecule has 0 amide bonds. The maximum Gasteiger partial charge on any atom is 0.162 e. The van der Waals surface area contributed by atoms with E-state index in [4.69, 9.17) is 21.1 Å². The first kappa shape index (κ1) is 22.0. The highest BCUT2D eigenvalue weighted by atomic mass is 79.9. The molecule has 0 aliphatic heterocycles. The van der Waals surface area contributed by atoms with Crippen LogP contribution in [0.5, 0.6) is 11.5 Å². The Labute approximate surface area is 174 Å². The fraction of sp³-hybridized carbons (Fsp3) is 0.429. The van der Waals surface area contributed by atoms with Crippen molar-refractivity contribution in [2.75, 3.05) is 13.7 Å². The van der Waals surface area contributed by atoms with Crippen molar-refractivity contribution in [3.63, 3.8) is 0 Å². The second kappa shape index (κ2) is 11.5. The summed E-state index contributed by atoms with van der Waals surface area (Å²) in [5.41, 5.74) is 1.41. The van der Waals surface area contributed by atoms with Crippen LogP contribution in [0.25, 0.3) is 0 Å². The molecule has 0 aliphatic rings. The van der Waals surface area contributed by atoms with Gasteiger partial charge in [-0.05, 0) is 42.8 Å². The summed E-state index contributed by atoms with van der Waals surface area (Å²) in [7, 11) is 1.59. The molecule has 0 saturated heterocycles. The molecule has 6 heteroatoms. The molecule has 0 radical (unpaired) electrons. The molecule has 3 nitrogen and oxygen atoms in total. The quantitative estimate of drug-likeness (QED) is 0.390. The van der Waals surface area contributed by atoms with Gasteiger partial charge in [0.2, 0.25) is 0 Å². The minimum atomic E-state index is -0.385. The number of halogens is 3. The molecule has 0 unspecified atom stereocenters. The number of unbranched alkanes of at least 4 members (excludes halogenated alkanes) is 3. The summed E-state index contributed by atoms with van der Waals surface area (Å²) in [6.07, 6.45) is 4.94. The van der Waals surface area contributed by atoms with Crippen molar-refractivity contribution < 1.29 is 13.9 Å². The van der Waals surface area contributed by atoms with Gasteiger partial charge in [-0.2, -0.15) is 0 Å². The van der Waals surface area contributed by atoms with E-state index in [0.29, 0.717) is 22.1 Å². The molecule has 0 aromatic heterocycles. The number of hydrogen-bond acceptors (Lipinski definition) is 3. The van der Waals surface area contributed by atoms with Crippen LogP contribution in [0.4, 0.5) is 4.39 Å². The maximum absolute atomic E-state index is 13.9. The van der Waals surface area contributed by atoms with Crippen LogP contribution in [-0.4, -0.2) is 13.7 Å². The summed E-state index contributed by atoms with van der Waals surface area (Å²) in [6, 6.07) is 8.37. The molecule has 0 saturated carbocycles. The lowest BCUT2D eigenvalue weighted by Gasteiger charge is -2.15. The van der Waals surface area contributed by atoms with E-state index in [1.807, 2.05) is 12.1 Å². The lowest BCUT2D eigenvalue weighted by atomic mass is 10.1. The Hall–Kier alpha value is -1.30. The van der Waals surface area contributed by atoms with Crippen LogP contribution in [0.1, 0.15) is 43.7 Å². The summed E-state index contributed by atoms with van der Waals surface area (Å²) in [6.45, 7) is 3.96. The van der Waals surface area contributed by atoms with Crippen LogP contribution >= 0.6 is 27.5 Å². The molecule has 0 fully saturated rings. The summed E-state index contributed by atoms with van der Waals surface area (Å²) < 4.78 is 26.1. The highest BCUT2D eigenvalue weighted by Crippen LogP contribution is 2.34. The van der Waals surface area contributed by atoms with Crippen LogP contribution < -0.4 is 14.8 Å². The van der Waals surface area contributed by atoms with Gasteiger partial charge in [0.25, 0.3) is 0 Å². The predicted molar refractivity (Wildman–Crippen MR) is 112 cm³/mol. The van der Waals surface area contributed by atoms with E-state index in [9.17, 15) is 4.39 Å². The molecule has 0 heterocycles. The van der Waals surface area contributed by atoms with Gasteiger partial charge in [0.05, 0.1) is 12.1 Å². The molecule has 2 rings (SSSR count). The second-order valence-corrected chi connectivity index (χ2v) is 7.58. The van der Waals surface area contributed by atoms with Crippen molar-refractivity contribution in [1.82, 2.24) is 5.32 Å². The average molecular weight is 459 g/mol. The van der Waals surface area contributed by atoms with Gasteiger partial charge in [-0.15, -0.1) is 0 Å². The van der Waals surface area contributed by atoms with E-state index >= 15 is 0 Å². The van der Waals surface area contributed by atoms with E-state index in [1.165, 1.54) is 31.7 Å². The van der Waals surface area contributed by atoms with Crippen LogP contribution in [0, 0.1) is 5.82 Å². The van der Waals surface area contributed by atoms with E-state index in [2.05, 4.69) is 28.2 Å². The Bertz CT molecular complexity index is 722. The zero-order valence-electron chi connectivity index (χ0n) is 15.8. The van der Waals surface area contributed by atoms with Gasteiger partial charge in [-0.25, -0.2) is 4.39 Å². The van der Waals surface area contributed by atoms with E-state index in [1.54, 1.807) is 19.2 Å². The summed E-state index contributed by atoms with van der Waals surface area (Å²) in [5.74, 6) is 0.758. The molecule has 2 aromatic rings. The Morgan fingerprint density at radius 3 is 2.67 bits per heavy atom. The van der Waals surface area contributed by atoms with E-state index < -0.39 is 0 Å². The van der Waals surface area contributed by atoms with Gasteiger partial charge in [-0.3, -0.25) is 0 Å². The summed E-state index contributed by atoms with van der Waals surface area (Å²) >= 11 is 9.64. The maximum atomic E-state index is 13.9. The molecule has 1 N–H and O–H groups in total. The van der Waals surface area contributed by atoms with Crippen molar-refractivity contribution in [2.45, 2.75) is 45.8 Å². The highest BCUT2D eigenvalue weighted by Gasteiger charge is 2.13. The molecule has 148 valence electrons. The fourth-order valence-corrected chi connectivity index (χ4v) is 3.39. The van der Waals surface area contributed by atoms with Crippen molar-refractivity contribution in [3.05, 3.63) is 56.8 Å². The Balaban J connectivity index is 2.00. The number of benzene rings is 2. The van der Waals surface area contributed by atoms with Crippen molar-refractivity contribution in [1.29, 1.82) is 0 Å². The zero-order valence-corrected chi connectivity index (χ0v) is 18.1. The van der Waals surface area contributed by atoms with Gasteiger partial charge in [0, 0.05) is 16.6 Å². The van der Waals surface area contributed by atoms with Crippen LogP contribution in [0.3, 0.4) is 0 Å². The standard InChI is InChI=1S/C21H26BrClFNO2/c1-3-4-5-6-10-25-13-15-11-20(26-2)21(12-17(15)22)27-14-16-18(23)8-7-9-19(16)24/h7-9,11-12,25H,3-6,10,13-14H2,1-2H3. The van der Waals surface area contributed by atoms with Crippen molar-refractivity contribution in [3.8, 4) is 11.5 Å². The largest absolute Gasteiger partial charge is 0.493 e. The van der Waals surface area contributed by atoms with Gasteiger partial charge in [-0.1, -0.05) is 59.8 Å². The molecule has 27 heavy (non-hydrogen) atoms. The number of nitrogens with one attached hydrogen (secondary N) is 1.